The number of benzene rings is 1. The van der Waals surface area contributed by atoms with Gasteiger partial charge in [0.05, 0.1) is 20.8 Å². The number of nitrogens with zero attached hydrogens (tertiary/aromatic N) is 2. The molecule has 1 aromatic rings. The van der Waals surface area contributed by atoms with Gasteiger partial charge in [0.2, 0.25) is 5.91 Å². The van der Waals surface area contributed by atoms with Gasteiger partial charge < -0.3 is 14.8 Å². The molecule has 1 amide bonds. The number of ether oxygens (including phenoxy) is 2. The summed E-state index contributed by atoms with van der Waals surface area (Å²) in [5.41, 5.74) is 1.14. The topological polar surface area (TPSA) is 54.0 Å². The van der Waals surface area contributed by atoms with Crippen LogP contribution < -0.4 is 14.8 Å². The Hall–Kier alpha value is -1.79. The first kappa shape index (κ1) is 20.9. The zero-order valence-corrected chi connectivity index (χ0v) is 17.6. The normalized spacial score (nSPS) is 24.0. The first-order valence-electron chi connectivity index (χ1n) is 10.5. The maximum Gasteiger partial charge on any atom is 0.234 e. The average Bonchev–Trinajstić information content (AvgIpc) is 2.71. The smallest absolute Gasteiger partial charge is 0.234 e. The second-order valence-corrected chi connectivity index (χ2v) is 8.17. The van der Waals surface area contributed by atoms with Crippen molar-refractivity contribution in [1.82, 2.24) is 15.1 Å². The Bertz CT molecular complexity index is 644. The lowest BCUT2D eigenvalue weighted by Gasteiger charge is -2.35. The van der Waals surface area contributed by atoms with E-state index in [0.29, 0.717) is 18.5 Å². The number of hydrogen-bond donors (Lipinski definition) is 1. The van der Waals surface area contributed by atoms with Crippen LogP contribution in [0.4, 0.5) is 0 Å². The monoisotopic (exact) mass is 389 g/mol. The van der Waals surface area contributed by atoms with Crippen molar-refractivity contribution in [2.45, 2.75) is 45.2 Å². The third-order valence-corrected chi connectivity index (χ3v) is 6.17. The van der Waals surface area contributed by atoms with E-state index in [-0.39, 0.29) is 5.91 Å². The molecule has 156 valence electrons. The highest BCUT2D eigenvalue weighted by atomic mass is 16.5. The number of piperazine rings is 1. The van der Waals surface area contributed by atoms with Crippen LogP contribution in [0, 0.1) is 5.92 Å². The highest BCUT2D eigenvalue weighted by Gasteiger charge is 2.25. The van der Waals surface area contributed by atoms with Crippen LogP contribution in [-0.2, 0) is 11.3 Å². The van der Waals surface area contributed by atoms with Crippen LogP contribution in [-0.4, -0.2) is 68.7 Å². The van der Waals surface area contributed by atoms with Gasteiger partial charge in [0.15, 0.2) is 0 Å². The van der Waals surface area contributed by atoms with Crippen LogP contribution in [0.1, 0.15) is 38.2 Å². The fourth-order valence-corrected chi connectivity index (χ4v) is 4.34. The van der Waals surface area contributed by atoms with Gasteiger partial charge in [0.1, 0.15) is 11.5 Å². The Balaban J connectivity index is 1.45. The molecule has 1 saturated carbocycles. The molecule has 1 heterocycles. The van der Waals surface area contributed by atoms with Crippen molar-refractivity contribution in [2.75, 3.05) is 46.9 Å². The van der Waals surface area contributed by atoms with Crippen molar-refractivity contribution in [2.24, 2.45) is 5.92 Å². The lowest BCUT2D eigenvalue weighted by molar-refractivity contribution is -0.124. The van der Waals surface area contributed by atoms with Crippen molar-refractivity contribution >= 4 is 5.91 Å². The lowest BCUT2D eigenvalue weighted by Crippen LogP contribution is -2.51. The highest BCUT2D eigenvalue weighted by molar-refractivity contribution is 5.78. The molecule has 0 bridgehead atoms. The summed E-state index contributed by atoms with van der Waals surface area (Å²) in [5, 5.41) is 3.27. The number of hydrogen-bond acceptors (Lipinski definition) is 5. The molecular formula is C22H35N3O3. The number of amides is 1. The van der Waals surface area contributed by atoms with Crippen LogP contribution >= 0.6 is 0 Å². The van der Waals surface area contributed by atoms with Gasteiger partial charge in [-0.05, 0) is 37.0 Å². The van der Waals surface area contributed by atoms with Gasteiger partial charge in [0, 0.05) is 44.3 Å². The quantitative estimate of drug-likeness (QED) is 0.777. The summed E-state index contributed by atoms with van der Waals surface area (Å²) in [4.78, 5) is 17.1. The SMILES string of the molecule is COc1ccc(OC)c(CN2CCN(CC(=O)N[C@@H]3CCCC[C@H]3C)CC2)c1. The van der Waals surface area contributed by atoms with Crippen LogP contribution in [0.25, 0.3) is 0 Å². The summed E-state index contributed by atoms with van der Waals surface area (Å²) in [6.07, 6.45) is 4.90. The number of rotatable bonds is 7. The average molecular weight is 390 g/mol. The molecule has 0 aromatic heterocycles. The van der Waals surface area contributed by atoms with E-state index in [1.807, 2.05) is 18.2 Å². The van der Waals surface area contributed by atoms with Crippen molar-refractivity contribution in [3.8, 4) is 11.5 Å². The van der Waals surface area contributed by atoms with E-state index in [2.05, 4.69) is 22.0 Å². The van der Waals surface area contributed by atoms with Crippen LogP contribution in [0.15, 0.2) is 18.2 Å². The molecule has 0 radical (unpaired) electrons. The van der Waals surface area contributed by atoms with Gasteiger partial charge in [-0.1, -0.05) is 19.8 Å². The van der Waals surface area contributed by atoms with E-state index >= 15 is 0 Å². The fraction of sp³-hybridized carbons (Fsp3) is 0.682. The molecule has 1 aliphatic carbocycles. The van der Waals surface area contributed by atoms with Crippen molar-refractivity contribution in [1.29, 1.82) is 0 Å². The molecule has 2 aliphatic rings. The maximum absolute atomic E-state index is 12.5. The third kappa shape index (κ3) is 5.61. The highest BCUT2D eigenvalue weighted by Crippen LogP contribution is 2.26. The summed E-state index contributed by atoms with van der Waals surface area (Å²) in [5.74, 6) is 2.53. The maximum atomic E-state index is 12.5. The Morgan fingerprint density at radius 2 is 1.79 bits per heavy atom. The van der Waals surface area contributed by atoms with Gasteiger partial charge >= 0.3 is 0 Å². The van der Waals surface area contributed by atoms with Crippen molar-refractivity contribution in [3.05, 3.63) is 23.8 Å². The number of carbonyl (C=O) groups excluding carboxylic acids is 1. The summed E-state index contributed by atoms with van der Waals surface area (Å²) in [7, 11) is 3.39. The molecule has 1 N–H and O–H groups in total. The Kier molecular flexibility index (Phi) is 7.57. The summed E-state index contributed by atoms with van der Waals surface area (Å²) in [6.45, 7) is 7.34. The number of nitrogens with one attached hydrogen (secondary N) is 1. The molecule has 6 nitrogen and oxygen atoms in total. The predicted octanol–water partition coefficient (Wildman–Crippen LogP) is 2.52. The number of methoxy groups -OCH3 is 2. The zero-order valence-electron chi connectivity index (χ0n) is 17.6. The zero-order chi connectivity index (χ0) is 19.9. The minimum absolute atomic E-state index is 0.182. The molecule has 2 fully saturated rings. The first-order chi connectivity index (χ1) is 13.6. The Morgan fingerprint density at radius 3 is 2.46 bits per heavy atom. The Morgan fingerprint density at radius 1 is 1.07 bits per heavy atom. The molecule has 0 unspecified atom stereocenters. The summed E-state index contributed by atoms with van der Waals surface area (Å²) < 4.78 is 10.8. The lowest BCUT2D eigenvalue weighted by atomic mass is 9.86. The molecule has 2 atom stereocenters. The third-order valence-electron chi connectivity index (χ3n) is 6.17. The summed E-state index contributed by atoms with van der Waals surface area (Å²) in [6, 6.07) is 6.29. The standard InChI is InChI=1S/C22H35N3O3/c1-17-6-4-5-7-20(17)23-22(26)16-25-12-10-24(11-13-25)15-18-14-19(27-2)8-9-21(18)28-3/h8-9,14,17,20H,4-7,10-13,15-16H2,1-3H3,(H,23,26)/t17-,20-/m1/s1. The summed E-state index contributed by atoms with van der Waals surface area (Å²) >= 11 is 0. The molecule has 0 spiro atoms. The molecule has 28 heavy (non-hydrogen) atoms. The Labute approximate surface area is 169 Å². The van der Waals surface area contributed by atoms with Gasteiger partial charge in [0.25, 0.3) is 0 Å². The van der Waals surface area contributed by atoms with Crippen LogP contribution in [0.3, 0.4) is 0 Å². The molecule has 3 rings (SSSR count). The van der Waals surface area contributed by atoms with Gasteiger partial charge in [-0.25, -0.2) is 0 Å². The molecule has 1 saturated heterocycles. The molecule has 1 aromatic carbocycles. The predicted molar refractivity (Wildman–Crippen MR) is 111 cm³/mol. The first-order valence-corrected chi connectivity index (χ1v) is 10.5. The van der Waals surface area contributed by atoms with Gasteiger partial charge in [-0.3, -0.25) is 14.6 Å². The van der Waals surface area contributed by atoms with Crippen molar-refractivity contribution in [3.63, 3.8) is 0 Å². The van der Waals surface area contributed by atoms with Crippen LogP contribution in [0.5, 0.6) is 11.5 Å². The second-order valence-electron chi connectivity index (χ2n) is 8.17. The molecule has 1 aliphatic heterocycles. The molecule has 6 heteroatoms. The van der Waals surface area contributed by atoms with E-state index in [1.165, 1.54) is 19.3 Å². The minimum atomic E-state index is 0.182. The van der Waals surface area contributed by atoms with Crippen LogP contribution in [0.2, 0.25) is 0 Å². The largest absolute Gasteiger partial charge is 0.497 e. The van der Waals surface area contributed by atoms with Gasteiger partial charge in [-0.2, -0.15) is 0 Å². The van der Waals surface area contributed by atoms with Crippen molar-refractivity contribution < 1.29 is 14.3 Å². The minimum Gasteiger partial charge on any atom is -0.497 e. The van der Waals surface area contributed by atoms with Gasteiger partial charge in [-0.15, -0.1) is 0 Å². The molecular weight excluding hydrogens is 354 g/mol. The van der Waals surface area contributed by atoms with E-state index in [1.54, 1.807) is 14.2 Å². The van der Waals surface area contributed by atoms with E-state index in [0.717, 1.165) is 56.2 Å². The fourth-order valence-electron chi connectivity index (χ4n) is 4.34. The van der Waals surface area contributed by atoms with E-state index in [4.69, 9.17) is 9.47 Å². The number of carbonyl (C=O) groups is 1. The van der Waals surface area contributed by atoms with E-state index < -0.39 is 0 Å². The van der Waals surface area contributed by atoms with E-state index in [9.17, 15) is 4.79 Å². The second kappa shape index (κ2) is 10.1.